The zero-order valence-electron chi connectivity index (χ0n) is 17.5. The lowest BCUT2D eigenvalue weighted by molar-refractivity contribution is -0.139. The van der Waals surface area contributed by atoms with Crippen LogP contribution in [0.3, 0.4) is 0 Å². The summed E-state index contributed by atoms with van der Waals surface area (Å²) in [6, 6.07) is 6.40. The Kier molecular flexibility index (Phi) is 5.71. The highest BCUT2D eigenvalue weighted by Crippen LogP contribution is 2.38. The van der Waals surface area contributed by atoms with Gasteiger partial charge in [-0.15, -0.1) is 0 Å². The van der Waals surface area contributed by atoms with E-state index in [9.17, 15) is 13.2 Å². The second-order valence-corrected chi connectivity index (χ2v) is 10.1. The van der Waals surface area contributed by atoms with E-state index in [0.29, 0.717) is 13.1 Å². The maximum atomic E-state index is 13.3. The number of nitrogens with one attached hydrogen (secondary N) is 4. The van der Waals surface area contributed by atoms with E-state index in [2.05, 4.69) is 44.9 Å². The summed E-state index contributed by atoms with van der Waals surface area (Å²) in [7, 11) is -3.25. The molecule has 0 bridgehead atoms. The van der Waals surface area contributed by atoms with Gasteiger partial charge in [0.05, 0.1) is 12.2 Å². The van der Waals surface area contributed by atoms with Crippen LogP contribution >= 0.6 is 0 Å². The molecule has 0 unspecified atom stereocenters. The van der Waals surface area contributed by atoms with Crippen LogP contribution in [-0.4, -0.2) is 62.3 Å². The third-order valence-corrected chi connectivity index (χ3v) is 6.43. The fourth-order valence-corrected chi connectivity index (χ4v) is 4.85. The number of nitrogens with zero attached hydrogens (tertiary/aromatic N) is 1. The van der Waals surface area contributed by atoms with Crippen molar-refractivity contribution in [1.29, 1.82) is 0 Å². The Morgan fingerprint density at radius 1 is 1.30 bits per heavy atom. The number of hydrogen-bond donors (Lipinski definition) is 4. The molecule has 2 aliphatic rings. The topological polar surface area (TPSA) is 106 Å². The lowest BCUT2D eigenvalue weighted by Gasteiger charge is -2.36. The van der Waals surface area contributed by atoms with Crippen molar-refractivity contribution in [3.63, 3.8) is 0 Å². The molecule has 2 heterocycles. The molecule has 8 nitrogen and oxygen atoms in total. The molecule has 1 aromatic heterocycles. The van der Waals surface area contributed by atoms with Crippen molar-refractivity contribution in [2.24, 2.45) is 5.92 Å². The van der Waals surface area contributed by atoms with Crippen molar-refractivity contribution in [2.45, 2.75) is 32.4 Å². The number of carbonyl (C=O) groups excluding carboxylic acids is 1. The predicted octanol–water partition coefficient (Wildman–Crippen LogP) is 0.986. The summed E-state index contributed by atoms with van der Waals surface area (Å²) < 4.78 is 24.9. The van der Waals surface area contributed by atoms with Crippen molar-refractivity contribution in [1.82, 2.24) is 25.5 Å². The first kappa shape index (κ1) is 21.0. The first-order valence-electron chi connectivity index (χ1n) is 10.3. The highest BCUT2D eigenvalue weighted by Gasteiger charge is 2.34. The van der Waals surface area contributed by atoms with Gasteiger partial charge in [-0.05, 0) is 43.0 Å². The summed E-state index contributed by atoms with van der Waals surface area (Å²) in [6.45, 7) is 5.01. The molecule has 1 aromatic carbocycles. The third kappa shape index (κ3) is 4.15. The van der Waals surface area contributed by atoms with E-state index < -0.39 is 10.0 Å². The Hall–Kier alpha value is -2.20. The molecule has 9 heteroatoms. The van der Waals surface area contributed by atoms with Crippen LogP contribution < -0.4 is 15.5 Å². The van der Waals surface area contributed by atoms with Crippen molar-refractivity contribution in [3.8, 4) is 0 Å². The first-order chi connectivity index (χ1) is 14.2. The number of fused-ring (bicyclic) bond motifs is 2. The zero-order valence-corrected chi connectivity index (χ0v) is 18.3. The average Bonchev–Trinajstić information content (AvgIpc) is 3.10. The van der Waals surface area contributed by atoms with Gasteiger partial charge in [0.25, 0.3) is 0 Å². The van der Waals surface area contributed by atoms with Crippen molar-refractivity contribution >= 4 is 32.4 Å². The van der Waals surface area contributed by atoms with E-state index in [1.165, 1.54) is 22.1 Å². The highest BCUT2D eigenvalue weighted by molar-refractivity contribution is 7.88. The highest BCUT2D eigenvalue weighted by atomic mass is 32.2. The number of aromatic nitrogens is 1. The molecule has 0 radical (unpaired) electrons. The normalized spacial score (nSPS) is 20.9. The molecule has 2 atom stereocenters. The first-order valence-corrected chi connectivity index (χ1v) is 12.2. The molecule has 1 amide bonds. The Bertz CT molecular complexity index is 1090. The van der Waals surface area contributed by atoms with Gasteiger partial charge in [0.15, 0.2) is 0 Å². The molecule has 4 rings (SSSR count). The van der Waals surface area contributed by atoms with Crippen LogP contribution in [0, 0.1) is 5.92 Å². The average molecular weight is 432 g/mol. The number of carbonyl (C=O) groups is 1. The van der Waals surface area contributed by atoms with Gasteiger partial charge in [-0.2, -0.15) is 0 Å². The van der Waals surface area contributed by atoms with Crippen molar-refractivity contribution < 1.29 is 13.2 Å². The van der Waals surface area contributed by atoms with E-state index in [0.717, 1.165) is 18.2 Å². The summed E-state index contributed by atoms with van der Waals surface area (Å²) in [5.74, 6) is -0.306. The minimum atomic E-state index is -3.25. The van der Waals surface area contributed by atoms with E-state index in [1.807, 2.05) is 19.9 Å². The van der Waals surface area contributed by atoms with Gasteiger partial charge in [-0.1, -0.05) is 18.2 Å². The maximum Gasteiger partial charge on any atom is 0.245 e. The summed E-state index contributed by atoms with van der Waals surface area (Å²) in [6.07, 6.45) is 6.22. The zero-order chi connectivity index (χ0) is 21.5. The number of sulfonamides is 1. The van der Waals surface area contributed by atoms with Crippen LogP contribution in [0.25, 0.3) is 16.5 Å². The number of rotatable bonds is 7. The minimum absolute atomic E-state index is 0.0187. The summed E-state index contributed by atoms with van der Waals surface area (Å²) in [5.41, 5.74) is 7.89. The number of hydrogen-bond acceptors (Lipinski definition) is 5. The molecule has 162 valence electrons. The van der Waals surface area contributed by atoms with Crippen molar-refractivity contribution in [2.75, 3.05) is 25.9 Å². The predicted molar refractivity (Wildman–Crippen MR) is 118 cm³/mol. The number of benzene rings is 1. The molecular weight excluding hydrogens is 402 g/mol. The van der Waals surface area contributed by atoms with E-state index in [-0.39, 0.29) is 30.5 Å². The number of hydrazine groups is 1. The molecule has 2 aromatic rings. The smallest absolute Gasteiger partial charge is 0.245 e. The Morgan fingerprint density at radius 3 is 2.83 bits per heavy atom. The van der Waals surface area contributed by atoms with E-state index >= 15 is 0 Å². The molecule has 0 saturated carbocycles. The molecule has 0 fully saturated rings. The van der Waals surface area contributed by atoms with Crippen molar-refractivity contribution in [3.05, 3.63) is 41.6 Å². The minimum Gasteiger partial charge on any atom is -0.361 e. The third-order valence-electron chi connectivity index (χ3n) is 5.71. The fraction of sp³-hybridized carbons (Fsp3) is 0.476. The van der Waals surface area contributed by atoms with Gasteiger partial charge >= 0.3 is 0 Å². The van der Waals surface area contributed by atoms with Gasteiger partial charge in [-0.25, -0.2) is 18.6 Å². The van der Waals surface area contributed by atoms with Crippen LogP contribution in [0.1, 0.15) is 25.0 Å². The molecule has 1 aliphatic carbocycles. The van der Waals surface area contributed by atoms with Gasteiger partial charge in [0, 0.05) is 48.8 Å². The monoisotopic (exact) mass is 431 g/mol. The molecule has 30 heavy (non-hydrogen) atoms. The second kappa shape index (κ2) is 8.14. The summed E-state index contributed by atoms with van der Waals surface area (Å²) in [5, 5.41) is 6.42. The number of aromatic amines is 1. The van der Waals surface area contributed by atoms with Crippen LogP contribution in [0.4, 0.5) is 0 Å². The second-order valence-electron chi connectivity index (χ2n) is 8.31. The van der Waals surface area contributed by atoms with E-state index in [4.69, 9.17) is 0 Å². The largest absolute Gasteiger partial charge is 0.361 e. The summed E-state index contributed by atoms with van der Waals surface area (Å²) in [4.78, 5) is 16.6. The Labute approximate surface area is 177 Å². The van der Waals surface area contributed by atoms with Crippen LogP contribution in [0.15, 0.2) is 30.5 Å². The van der Waals surface area contributed by atoms with Gasteiger partial charge in [0.1, 0.15) is 0 Å². The Balaban J connectivity index is 1.53. The quantitative estimate of drug-likeness (QED) is 0.386. The number of H-pyrrole nitrogens is 1. The van der Waals surface area contributed by atoms with Crippen LogP contribution in [0.2, 0.25) is 0 Å². The van der Waals surface area contributed by atoms with E-state index in [1.54, 1.807) is 5.01 Å². The van der Waals surface area contributed by atoms with Gasteiger partial charge < -0.3 is 10.3 Å². The maximum absolute atomic E-state index is 13.3. The lowest BCUT2D eigenvalue weighted by atomic mass is 9.80. The molecule has 1 aliphatic heterocycles. The SMILES string of the molecule is CC(C)N(NCCNS(C)(=O)=O)C(=O)[C@@H]1C=C2c3cccc4[nH]cc(c34)C[C@H]2NC1. The van der Waals surface area contributed by atoms with Crippen LogP contribution in [-0.2, 0) is 21.2 Å². The standard InChI is InChI=1S/C21H29N5O3S/c1-13(2)26(24-7-8-25-30(3,28)29)21(27)15-9-17-16-5-4-6-18-20(16)14(11-22-18)10-19(17)23-12-15/h4-6,9,11,13,15,19,22-25H,7-8,10,12H2,1-3H3/t15-,19-/m1/s1. The molecule has 0 saturated heterocycles. The summed E-state index contributed by atoms with van der Waals surface area (Å²) >= 11 is 0. The van der Waals surface area contributed by atoms with Gasteiger partial charge in [-0.3, -0.25) is 9.80 Å². The van der Waals surface area contributed by atoms with Crippen LogP contribution in [0.5, 0.6) is 0 Å². The fourth-order valence-electron chi connectivity index (χ4n) is 4.37. The molecule has 0 spiro atoms. The van der Waals surface area contributed by atoms with Gasteiger partial charge in [0.2, 0.25) is 15.9 Å². The lowest BCUT2D eigenvalue weighted by Crippen LogP contribution is -2.54. The molecular formula is C21H29N5O3S. The Morgan fingerprint density at radius 2 is 2.10 bits per heavy atom. The number of amides is 1. The molecule has 4 N–H and O–H groups in total.